The van der Waals surface area contributed by atoms with Crippen LogP contribution < -0.4 is 9.64 Å². The Balaban J connectivity index is 1.84. The topological polar surface area (TPSA) is 93.1 Å². The zero-order chi connectivity index (χ0) is 21.8. The van der Waals surface area contributed by atoms with E-state index in [2.05, 4.69) is 5.92 Å². The van der Waals surface area contributed by atoms with Crippen molar-refractivity contribution in [3.8, 4) is 18.1 Å². The molecule has 0 saturated heterocycles. The van der Waals surface area contributed by atoms with Gasteiger partial charge < -0.3 is 14.6 Å². The van der Waals surface area contributed by atoms with Gasteiger partial charge in [-0.2, -0.15) is 0 Å². The number of esters is 1. The highest BCUT2D eigenvalue weighted by atomic mass is 16.5. The summed E-state index contributed by atoms with van der Waals surface area (Å²) in [6.45, 7) is 3.52. The Morgan fingerprint density at radius 3 is 2.57 bits per heavy atom. The summed E-state index contributed by atoms with van der Waals surface area (Å²) in [6, 6.07) is 9.10. The van der Waals surface area contributed by atoms with Crippen LogP contribution in [0.2, 0.25) is 0 Å². The molecule has 2 aromatic carbocycles. The van der Waals surface area contributed by atoms with Gasteiger partial charge in [-0.25, -0.2) is 9.69 Å². The first-order valence-corrected chi connectivity index (χ1v) is 9.42. The summed E-state index contributed by atoms with van der Waals surface area (Å²) < 4.78 is 10.5. The Hall–Kier alpha value is -3.63. The number of aliphatic hydroxyl groups is 1. The minimum atomic E-state index is -0.752. The van der Waals surface area contributed by atoms with Gasteiger partial charge in [-0.1, -0.05) is 12.8 Å². The van der Waals surface area contributed by atoms with Gasteiger partial charge in [0.25, 0.3) is 11.8 Å². The molecule has 30 heavy (non-hydrogen) atoms. The Labute approximate surface area is 174 Å². The van der Waals surface area contributed by atoms with Crippen LogP contribution >= 0.6 is 0 Å². The van der Waals surface area contributed by atoms with E-state index in [0.29, 0.717) is 17.9 Å². The first-order chi connectivity index (χ1) is 14.4. The molecule has 7 heteroatoms. The van der Waals surface area contributed by atoms with Crippen LogP contribution in [0.15, 0.2) is 36.4 Å². The molecule has 154 valence electrons. The van der Waals surface area contributed by atoms with Crippen LogP contribution in [0.25, 0.3) is 0 Å². The molecule has 2 aromatic rings. The molecular weight excluding hydrogens is 386 g/mol. The van der Waals surface area contributed by atoms with E-state index < -0.39 is 23.9 Å². The number of carbonyl (C=O) groups is 3. The van der Waals surface area contributed by atoms with Gasteiger partial charge in [0.05, 0.1) is 28.5 Å². The Bertz CT molecular complexity index is 1050. The van der Waals surface area contributed by atoms with Crippen molar-refractivity contribution in [1.82, 2.24) is 0 Å². The highest BCUT2D eigenvalue weighted by Crippen LogP contribution is 2.32. The molecule has 0 aromatic heterocycles. The molecule has 0 radical (unpaired) electrons. The number of carbonyl (C=O) groups excluding carboxylic acids is 3. The number of terminal acetylenes is 1. The van der Waals surface area contributed by atoms with Crippen molar-refractivity contribution in [3.05, 3.63) is 58.7 Å². The number of aryl methyl sites for hydroxylation is 1. The number of amides is 2. The molecular formula is C23H21NO6. The summed E-state index contributed by atoms with van der Waals surface area (Å²) >= 11 is 0. The first-order valence-electron chi connectivity index (χ1n) is 9.42. The number of aliphatic hydroxyl groups excluding tert-OH is 1. The predicted molar refractivity (Wildman–Crippen MR) is 110 cm³/mol. The standard InChI is InChI=1S/C23H21NO6/c1-4-10-29-20-9-7-16(11-14(20)3)24-21(26)18-8-6-15(12-19(18)22(24)27)23(28)30-13-17(25)5-2/h1,6-9,11-12,17,25H,5,10,13H2,2-3H3. The molecule has 0 aliphatic carbocycles. The number of hydrogen-bond acceptors (Lipinski definition) is 6. The zero-order valence-electron chi connectivity index (χ0n) is 16.7. The summed E-state index contributed by atoms with van der Waals surface area (Å²) in [5.74, 6) is 1.26. The summed E-state index contributed by atoms with van der Waals surface area (Å²) in [4.78, 5) is 39.0. The van der Waals surface area contributed by atoms with Crippen LogP contribution in [0.4, 0.5) is 5.69 Å². The van der Waals surface area contributed by atoms with Crippen molar-refractivity contribution in [1.29, 1.82) is 0 Å². The molecule has 0 bridgehead atoms. The van der Waals surface area contributed by atoms with Gasteiger partial charge in [0, 0.05) is 0 Å². The Kier molecular flexibility index (Phi) is 6.19. The maximum Gasteiger partial charge on any atom is 0.338 e. The molecule has 2 amide bonds. The van der Waals surface area contributed by atoms with Crippen molar-refractivity contribution in [2.45, 2.75) is 26.4 Å². The lowest BCUT2D eigenvalue weighted by Gasteiger charge is -2.16. The molecule has 1 aliphatic heterocycles. The summed E-state index contributed by atoms with van der Waals surface area (Å²) in [5, 5.41) is 9.53. The minimum absolute atomic E-state index is 0.112. The van der Waals surface area contributed by atoms with E-state index >= 15 is 0 Å². The number of benzene rings is 2. The van der Waals surface area contributed by atoms with Crippen LogP contribution in [0.5, 0.6) is 5.75 Å². The fourth-order valence-corrected chi connectivity index (χ4v) is 3.03. The lowest BCUT2D eigenvalue weighted by atomic mass is 10.1. The van der Waals surface area contributed by atoms with Crippen molar-refractivity contribution in [2.24, 2.45) is 0 Å². The van der Waals surface area contributed by atoms with Gasteiger partial charge in [-0.05, 0) is 55.3 Å². The predicted octanol–water partition coefficient (Wildman–Crippen LogP) is 2.74. The maximum absolute atomic E-state index is 12.9. The average Bonchev–Trinajstić information content (AvgIpc) is 3.00. The second kappa shape index (κ2) is 8.80. The molecule has 7 nitrogen and oxygen atoms in total. The third-order valence-electron chi connectivity index (χ3n) is 4.73. The average molecular weight is 407 g/mol. The minimum Gasteiger partial charge on any atom is -0.481 e. The zero-order valence-corrected chi connectivity index (χ0v) is 16.7. The third-order valence-corrected chi connectivity index (χ3v) is 4.73. The van der Waals surface area contributed by atoms with Gasteiger partial charge >= 0.3 is 5.97 Å². The number of fused-ring (bicyclic) bond motifs is 1. The number of imide groups is 1. The summed E-state index contributed by atoms with van der Waals surface area (Å²) in [5.41, 5.74) is 1.57. The molecule has 0 fully saturated rings. The smallest absolute Gasteiger partial charge is 0.338 e. The molecule has 1 heterocycles. The number of anilines is 1. The van der Waals surface area contributed by atoms with E-state index in [9.17, 15) is 19.5 Å². The van der Waals surface area contributed by atoms with E-state index in [1.165, 1.54) is 18.2 Å². The fraction of sp³-hybridized carbons (Fsp3) is 0.261. The maximum atomic E-state index is 12.9. The van der Waals surface area contributed by atoms with Crippen LogP contribution in [0.1, 0.15) is 50.0 Å². The van der Waals surface area contributed by atoms with E-state index in [-0.39, 0.29) is 29.9 Å². The van der Waals surface area contributed by atoms with Crippen LogP contribution in [0.3, 0.4) is 0 Å². The quantitative estimate of drug-likeness (QED) is 0.431. The monoisotopic (exact) mass is 407 g/mol. The second-order valence-corrected chi connectivity index (χ2v) is 6.81. The van der Waals surface area contributed by atoms with E-state index in [4.69, 9.17) is 15.9 Å². The van der Waals surface area contributed by atoms with Gasteiger partial charge in [-0.3, -0.25) is 9.59 Å². The first kappa shape index (κ1) is 21.1. The third kappa shape index (κ3) is 4.04. The molecule has 0 spiro atoms. The van der Waals surface area contributed by atoms with Gasteiger partial charge in [0.15, 0.2) is 0 Å². The molecule has 1 unspecified atom stereocenters. The van der Waals surface area contributed by atoms with Crippen molar-refractivity contribution in [2.75, 3.05) is 18.1 Å². The number of hydrogen-bond donors (Lipinski definition) is 1. The second-order valence-electron chi connectivity index (χ2n) is 6.81. The Morgan fingerprint density at radius 1 is 1.17 bits per heavy atom. The number of nitrogens with zero attached hydrogens (tertiary/aromatic N) is 1. The van der Waals surface area contributed by atoms with Crippen molar-refractivity contribution >= 4 is 23.5 Å². The van der Waals surface area contributed by atoms with Crippen LogP contribution in [0, 0.1) is 19.3 Å². The number of ether oxygens (including phenoxy) is 2. The molecule has 1 atom stereocenters. The van der Waals surface area contributed by atoms with Gasteiger partial charge in [0.1, 0.15) is 19.0 Å². The highest BCUT2D eigenvalue weighted by Gasteiger charge is 2.37. The molecule has 1 aliphatic rings. The molecule has 0 saturated carbocycles. The largest absolute Gasteiger partial charge is 0.481 e. The normalized spacial score (nSPS) is 13.6. The highest BCUT2D eigenvalue weighted by molar-refractivity contribution is 6.34. The van der Waals surface area contributed by atoms with Gasteiger partial charge in [-0.15, -0.1) is 6.42 Å². The lowest BCUT2D eigenvalue weighted by Crippen LogP contribution is -2.29. The SMILES string of the molecule is C#CCOc1ccc(N2C(=O)c3ccc(C(=O)OCC(O)CC)cc3C2=O)cc1C. The fourth-order valence-electron chi connectivity index (χ4n) is 3.03. The van der Waals surface area contributed by atoms with Crippen molar-refractivity contribution in [3.63, 3.8) is 0 Å². The lowest BCUT2D eigenvalue weighted by molar-refractivity contribution is 0.0250. The summed E-state index contributed by atoms with van der Waals surface area (Å²) in [7, 11) is 0. The van der Waals surface area contributed by atoms with Crippen molar-refractivity contribution < 1.29 is 29.0 Å². The van der Waals surface area contributed by atoms with E-state index in [1.807, 2.05) is 0 Å². The molecule has 1 N–H and O–H groups in total. The Morgan fingerprint density at radius 2 is 1.90 bits per heavy atom. The van der Waals surface area contributed by atoms with Crippen LogP contribution in [-0.4, -0.2) is 42.2 Å². The van der Waals surface area contributed by atoms with E-state index in [0.717, 1.165) is 10.5 Å². The molecule has 3 rings (SSSR count). The van der Waals surface area contributed by atoms with Gasteiger partial charge in [0.2, 0.25) is 0 Å². The summed E-state index contributed by atoms with van der Waals surface area (Å²) in [6.07, 6.45) is 4.90. The van der Waals surface area contributed by atoms with E-state index in [1.54, 1.807) is 32.0 Å². The number of rotatable bonds is 7. The van der Waals surface area contributed by atoms with Crippen LogP contribution in [-0.2, 0) is 4.74 Å².